The van der Waals surface area contributed by atoms with Gasteiger partial charge in [-0.05, 0) is 49.8 Å². The number of hydrogen-bond acceptors (Lipinski definition) is 3. The molecule has 0 saturated heterocycles. The fourth-order valence-corrected chi connectivity index (χ4v) is 4.57. The van der Waals surface area contributed by atoms with Crippen LogP contribution < -0.4 is 0 Å². The molecule has 1 amide bonds. The summed E-state index contributed by atoms with van der Waals surface area (Å²) in [5, 5.41) is 9.14. The number of aromatic carboxylic acids is 1. The minimum atomic E-state index is -1.01. The van der Waals surface area contributed by atoms with Crippen LogP contribution >= 0.6 is 0 Å². The summed E-state index contributed by atoms with van der Waals surface area (Å²) in [6.45, 7) is 1.92. The highest BCUT2D eigenvalue weighted by Gasteiger charge is 2.60. The van der Waals surface area contributed by atoms with Crippen molar-refractivity contribution >= 4 is 11.9 Å². The maximum absolute atomic E-state index is 13.0. The van der Waals surface area contributed by atoms with Gasteiger partial charge in [-0.25, -0.2) is 4.79 Å². The van der Waals surface area contributed by atoms with Crippen LogP contribution in [0.25, 0.3) is 0 Å². The molecule has 4 rings (SSSR count). The molecule has 136 valence electrons. The van der Waals surface area contributed by atoms with Gasteiger partial charge in [0.1, 0.15) is 17.1 Å². The summed E-state index contributed by atoms with van der Waals surface area (Å²) in [6.07, 6.45) is 4.20. The summed E-state index contributed by atoms with van der Waals surface area (Å²) in [5.41, 5.74) is 2.89. The van der Waals surface area contributed by atoms with Gasteiger partial charge in [0.2, 0.25) is 5.91 Å². The normalized spacial score (nSPS) is 23.5. The monoisotopic (exact) mass is 353 g/mol. The number of aryl methyl sites for hydroxylation is 2. The molecule has 5 heteroatoms. The van der Waals surface area contributed by atoms with Crippen molar-refractivity contribution in [2.45, 2.75) is 44.6 Å². The summed E-state index contributed by atoms with van der Waals surface area (Å²) >= 11 is 0. The fourth-order valence-electron chi connectivity index (χ4n) is 4.57. The first-order chi connectivity index (χ1) is 12.4. The van der Waals surface area contributed by atoms with Gasteiger partial charge in [-0.2, -0.15) is 0 Å². The van der Waals surface area contributed by atoms with Gasteiger partial charge in [0.25, 0.3) is 0 Å². The molecule has 0 aliphatic heterocycles. The molecule has 26 heavy (non-hydrogen) atoms. The average Bonchev–Trinajstić information content (AvgIpc) is 3.20. The molecular formula is C21H23NO4. The van der Waals surface area contributed by atoms with E-state index < -0.39 is 5.97 Å². The van der Waals surface area contributed by atoms with E-state index in [1.807, 2.05) is 0 Å². The first-order valence-corrected chi connectivity index (χ1v) is 9.08. The SMILES string of the molecule is Cc1oc(CN(C)C(=O)C2CC23CCCc2ccccc23)cc1C(=O)O. The number of carbonyl (C=O) groups is 2. The van der Waals surface area contributed by atoms with E-state index in [9.17, 15) is 9.59 Å². The third-order valence-electron chi connectivity index (χ3n) is 5.96. The standard InChI is InChI=1S/C21H23NO4/c1-13-16(20(24)25)10-15(26-13)12-22(2)19(23)18-11-21(18)9-5-7-14-6-3-4-8-17(14)21/h3-4,6,8,10,18H,5,7,9,11-12H2,1-2H3,(H,24,25). The maximum atomic E-state index is 13.0. The van der Waals surface area contributed by atoms with Crippen LogP contribution in [0.4, 0.5) is 0 Å². The second kappa shape index (κ2) is 6.01. The van der Waals surface area contributed by atoms with Gasteiger partial charge in [-0.1, -0.05) is 24.3 Å². The minimum Gasteiger partial charge on any atom is -0.478 e. The summed E-state index contributed by atoms with van der Waals surface area (Å²) in [5.74, 6) is 0.00923. The Balaban J connectivity index is 1.50. The predicted molar refractivity (Wildman–Crippen MR) is 96.0 cm³/mol. The number of rotatable bonds is 4. The van der Waals surface area contributed by atoms with Crippen LogP contribution in [0.2, 0.25) is 0 Å². The zero-order valence-corrected chi connectivity index (χ0v) is 15.1. The van der Waals surface area contributed by atoms with Crippen molar-refractivity contribution in [3.63, 3.8) is 0 Å². The fraction of sp³-hybridized carbons (Fsp3) is 0.429. The van der Waals surface area contributed by atoms with Crippen molar-refractivity contribution < 1.29 is 19.1 Å². The zero-order chi connectivity index (χ0) is 18.5. The number of carboxylic acid groups (broad SMARTS) is 1. The summed E-state index contributed by atoms with van der Waals surface area (Å²) in [7, 11) is 1.77. The van der Waals surface area contributed by atoms with Gasteiger partial charge in [0.05, 0.1) is 6.54 Å². The Morgan fingerprint density at radius 1 is 1.35 bits per heavy atom. The molecule has 1 saturated carbocycles. The Bertz CT molecular complexity index is 884. The van der Waals surface area contributed by atoms with Crippen LogP contribution in [0.3, 0.4) is 0 Å². The van der Waals surface area contributed by atoms with E-state index in [4.69, 9.17) is 9.52 Å². The third kappa shape index (κ3) is 2.62. The van der Waals surface area contributed by atoms with Crippen LogP contribution in [-0.2, 0) is 23.2 Å². The molecule has 1 N–H and O–H groups in total. The molecule has 0 bridgehead atoms. The molecule has 2 aliphatic rings. The lowest BCUT2D eigenvalue weighted by molar-refractivity contribution is -0.132. The van der Waals surface area contributed by atoms with Crippen molar-refractivity contribution in [2.75, 3.05) is 7.05 Å². The van der Waals surface area contributed by atoms with Crippen molar-refractivity contribution in [1.29, 1.82) is 0 Å². The number of furan rings is 1. The van der Waals surface area contributed by atoms with E-state index in [0.29, 0.717) is 18.1 Å². The zero-order valence-electron chi connectivity index (χ0n) is 15.1. The van der Waals surface area contributed by atoms with E-state index >= 15 is 0 Å². The number of carboxylic acids is 1. The highest BCUT2D eigenvalue weighted by atomic mass is 16.4. The summed E-state index contributed by atoms with van der Waals surface area (Å²) in [6, 6.07) is 10.0. The van der Waals surface area contributed by atoms with E-state index in [1.54, 1.807) is 18.9 Å². The highest BCUT2D eigenvalue weighted by molar-refractivity contribution is 5.89. The van der Waals surface area contributed by atoms with Crippen molar-refractivity contribution in [2.24, 2.45) is 5.92 Å². The molecule has 1 aromatic heterocycles. The molecule has 2 aromatic rings. The minimum absolute atomic E-state index is 0.00545. The lowest BCUT2D eigenvalue weighted by Gasteiger charge is -2.27. The van der Waals surface area contributed by atoms with Crippen LogP contribution in [-0.4, -0.2) is 28.9 Å². The smallest absolute Gasteiger partial charge is 0.339 e. The molecule has 5 nitrogen and oxygen atoms in total. The Labute approximate surface area is 152 Å². The lowest BCUT2D eigenvalue weighted by Crippen LogP contribution is -2.31. The molecule has 1 spiro atoms. The number of nitrogens with zero attached hydrogens (tertiary/aromatic N) is 1. The van der Waals surface area contributed by atoms with Gasteiger partial charge in [0.15, 0.2) is 0 Å². The average molecular weight is 353 g/mol. The van der Waals surface area contributed by atoms with Crippen molar-refractivity contribution in [3.8, 4) is 0 Å². The topological polar surface area (TPSA) is 70.8 Å². The molecule has 1 fully saturated rings. The number of hydrogen-bond donors (Lipinski definition) is 1. The van der Waals surface area contributed by atoms with Crippen LogP contribution in [0.1, 0.15) is 52.3 Å². The number of carbonyl (C=O) groups excluding carboxylic acids is 1. The van der Waals surface area contributed by atoms with Crippen molar-refractivity contribution in [1.82, 2.24) is 4.90 Å². The number of benzene rings is 1. The predicted octanol–water partition coefficient (Wildman–Crippen LogP) is 3.54. The summed E-state index contributed by atoms with van der Waals surface area (Å²) < 4.78 is 5.52. The molecule has 2 aliphatic carbocycles. The Morgan fingerprint density at radius 2 is 2.12 bits per heavy atom. The highest BCUT2D eigenvalue weighted by Crippen LogP contribution is 2.60. The van der Waals surface area contributed by atoms with Gasteiger partial charge >= 0.3 is 5.97 Å². The van der Waals surface area contributed by atoms with Crippen LogP contribution in [0, 0.1) is 12.8 Å². The number of fused-ring (bicyclic) bond motifs is 2. The third-order valence-corrected chi connectivity index (χ3v) is 5.96. The van der Waals surface area contributed by atoms with Crippen LogP contribution in [0.5, 0.6) is 0 Å². The lowest BCUT2D eigenvalue weighted by atomic mass is 9.78. The second-order valence-electron chi connectivity index (χ2n) is 7.61. The quantitative estimate of drug-likeness (QED) is 0.913. The maximum Gasteiger partial charge on any atom is 0.339 e. The second-order valence-corrected chi connectivity index (χ2v) is 7.61. The van der Waals surface area contributed by atoms with E-state index in [0.717, 1.165) is 25.7 Å². The van der Waals surface area contributed by atoms with E-state index in [2.05, 4.69) is 24.3 Å². The van der Waals surface area contributed by atoms with Crippen molar-refractivity contribution in [3.05, 3.63) is 58.5 Å². The Morgan fingerprint density at radius 3 is 2.85 bits per heavy atom. The molecule has 2 atom stereocenters. The van der Waals surface area contributed by atoms with E-state index in [-0.39, 0.29) is 22.8 Å². The number of amides is 1. The molecule has 1 heterocycles. The Hall–Kier alpha value is -2.56. The van der Waals surface area contributed by atoms with E-state index in [1.165, 1.54) is 17.2 Å². The van der Waals surface area contributed by atoms with Crippen LogP contribution in [0.15, 0.2) is 34.7 Å². The molecule has 1 aromatic carbocycles. The van der Waals surface area contributed by atoms with Gasteiger partial charge in [0, 0.05) is 18.4 Å². The van der Waals surface area contributed by atoms with Gasteiger partial charge in [-0.3, -0.25) is 4.79 Å². The molecule has 2 unspecified atom stereocenters. The first kappa shape index (κ1) is 16.9. The van der Waals surface area contributed by atoms with Gasteiger partial charge in [-0.15, -0.1) is 0 Å². The Kier molecular flexibility index (Phi) is 3.90. The van der Waals surface area contributed by atoms with Gasteiger partial charge < -0.3 is 14.4 Å². The summed E-state index contributed by atoms with van der Waals surface area (Å²) in [4.78, 5) is 25.8. The molecular weight excluding hydrogens is 330 g/mol. The largest absolute Gasteiger partial charge is 0.478 e. The molecule has 0 radical (unpaired) electrons. The first-order valence-electron chi connectivity index (χ1n) is 9.08.